The third-order valence-electron chi connectivity index (χ3n) is 3.99. The molecule has 138 valence electrons. The third-order valence-corrected chi connectivity index (χ3v) is 3.99. The number of nitrogens with zero attached hydrogens (tertiary/aromatic N) is 2. The minimum Gasteiger partial charge on any atom is -0.348 e. The molecular weight excluding hydrogens is 334 g/mol. The lowest BCUT2D eigenvalue weighted by atomic mass is 10.00. The Balaban J connectivity index is 2.02. The number of benzene rings is 1. The van der Waals surface area contributed by atoms with Gasteiger partial charge in [0.25, 0.3) is 11.2 Å². The van der Waals surface area contributed by atoms with Crippen molar-refractivity contribution in [2.75, 3.05) is 0 Å². The lowest BCUT2D eigenvalue weighted by molar-refractivity contribution is -0.385. The van der Waals surface area contributed by atoms with Crippen molar-refractivity contribution >= 4 is 11.6 Å². The summed E-state index contributed by atoms with van der Waals surface area (Å²) in [5.41, 5.74) is 1.50. The van der Waals surface area contributed by atoms with Crippen molar-refractivity contribution in [1.82, 2.24) is 9.88 Å². The van der Waals surface area contributed by atoms with Crippen molar-refractivity contribution in [2.24, 2.45) is 5.92 Å². The molecule has 0 aliphatic carbocycles. The van der Waals surface area contributed by atoms with Gasteiger partial charge >= 0.3 is 0 Å². The van der Waals surface area contributed by atoms with Crippen LogP contribution in [0.25, 0.3) is 0 Å². The molecule has 1 aromatic heterocycles. The second-order valence-electron chi connectivity index (χ2n) is 6.74. The summed E-state index contributed by atoms with van der Waals surface area (Å²) in [5.74, 6) is 0.192. The molecular formula is C19H23N3O4. The second kappa shape index (κ2) is 8.42. The topological polar surface area (TPSA) is 94.2 Å². The van der Waals surface area contributed by atoms with E-state index in [-0.39, 0.29) is 24.2 Å². The van der Waals surface area contributed by atoms with E-state index in [0.717, 1.165) is 34.9 Å². The van der Waals surface area contributed by atoms with Crippen molar-refractivity contribution in [3.8, 4) is 0 Å². The van der Waals surface area contributed by atoms with Gasteiger partial charge in [-0.2, -0.15) is 0 Å². The van der Waals surface area contributed by atoms with Crippen molar-refractivity contribution < 1.29 is 9.72 Å². The van der Waals surface area contributed by atoms with Gasteiger partial charge in [0.1, 0.15) is 6.54 Å². The highest BCUT2D eigenvalue weighted by molar-refractivity contribution is 5.76. The maximum absolute atomic E-state index is 12.2. The molecule has 0 spiro atoms. The number of aromatic nitrogens is 1. The summed E-state index contributed by atoms with van der Waals surface area (Å²) in [6.07, 6.45) is 2.07. The van der Waals surface area contributed by atoms with Crippen molar-refractivity contribution in [3.63, 3.8) is 0 Å². The first kappa shape index (κ1) is 19.4. The Morgan fingerprint density at radius 2 is 1.81 bits per heavy atom. The normalized spacial score (nSPS) is 12.0. The Morgan fingerprint density at radius 1 is 1.15 bits per heavy atom. The van der Waals surface area contributed by atoms with E-state index in [1.165, 1.54) is 5.56 Å². The van der Waals surface area contributed by atoms with E-state index in [2.05, 4.69) is 19.2 Å². The zero-order valence-corrected chi connectivity index (χ0v) is 15.1. The van der Waals surface area contributed by atoms with Crippen molar-refractivity contribution in [1.29, 1.82) is 0 Å². The van der Waals surface area contributed by atoms with Crippen LogP contribution in [-0.4, -0.2) is 15.4 Å². The minimum absolute atomic E-state index is 0.230. The average Bonchev–Trinajstić information content (AvgIpc) is 2.56. The molecule has 2 aromatic rings. The first-order chi connectivity index (χ1) is 12.3. The van der Waals surface area contributed by atoms with Crippen LogP contribution in [0.2, 0.25) is 0 Å². The van der Waals surface area contributed by atoms with Gasteiger partial charge < -0.3 is 5.32 Å². The summed E-state index contributed by atoms with van der Waals surface area (Å²) in [4.78, 5) is 34.2. The molecule has 1 N–H and O–H groups in total. The number of amides is 1. The number of pyridine rings is 1. The van der Waals surface area contributed by atoms with Crippen LogP contribution in [0, 0.1) is 16.0 Å². The lowest BCUT2D eigenvalue weighted by Gasteiger charge is -2.16. The molecule has 1 heterocycles. The van der Waals surface area contributed by atoms with Crippen LogP contribution in [-0.2, 0) is 17.8 Å². The zero-order valence-electron chi connectivity index (χ0n) is 15.1. The van der Waals surface area contributed by atoms with E-state index in [9.17, 15) is 19.7 Å². The Labute approximate surface area is 151 Å². The van der Waals surface area contributed by atoms with E-state index < -0.39 is 10.5 Å². The summed E-state index contributed by atoms with van der Waals surface area (Å²) in [5, 5.41) is 13.6. The highest BCUT2D eigenvalue weighted by atomic mass is 16.6. The zero-order chi connectivity index (χ0) is 19.3. The lowest BCUT2D eigenvalue weighted by Crippen LogP contribution is -2.33. The van der Waals surface area contributed by atoms with Crippen molar-refractivity contribution in [2.45, 2.75) is 39.8 Å². The van der Waals surface area contributed by atoms with Gasteiger partial charge in [-0.05, 0) is 30.4 Å². The molecule has 0 aliphatic rings. The highest BCUT2D eigenvalue weighted by Crippen LogP contribution is 2.15. The number of carbonyl (C=O) groups excluding carboxylic acids is 1. The maximum Gasteiger partial charge on any atom is 0.285 e. The van der Waals surface area contributed by atoms with E-state index in [1.807, 2.05) is 31.2 Å². The number of rotatable bonds is 7. The Bertz CT molecular complexity index is 841. The fraction of sp³-hybridized carbons (Fsp3) is 0.368. The highest BCUT2D eigenvalue weighted by Gasteiger charge is 2.13. The fourth-order valence-electron chi connectivity index (χ4n) is 2.69. The fourth-order valence-corrected chi connectivity index (χ4v) is 2.69. The molecule has 0 aliphatic heterocycles. The monoisotopic (exact) mass is 357 g/mol. The summed E-state index contributed by atoms with van der Waals surface area (Å²) in [6.45, 7) is 5.90. The largest absolute Gasteiger partial charge is 0.348 e. The van der Waals surface area contributed by atoms with E-state index in [0.29, 0.717) is 5.92 Å². The van der Waals surface area contributed by atoms with E-state index >= 15 is 0 Å². The van der Waals surface area contributed by atoms with Crippen LogP contribution >= 0.6 is 0 Å². The smallest absolute Gasteiger partial charge is 0.285 e. The Hall–Kier alpha value is -2.96. The van der Waals surface area contributed by atoms with Crippen LogP contribution in [0.3, 0.4) is 0 Å². The van der Waals surface area contributed by atoms with Gasteiger partial charge in [0.15, 0.2) is 0 Å². The molecule has 1 aromatic carbocycles. The predicted molar refractivity (Wildman–Crippen MR) is 98.9 cm³/mol. The average molecular weight is 357 g/mol. The van der Waals surface area contributed by atoms with Crippen LogP contribution < -0.4 is 10.9 Å². The van der Waals surface area contributed by atoms with Gasteiger partial charge in [-0.15, -0.1) is 0 Å². The van der Waals surface area contributed by atoms with Gasteiger partial charge in [0, 0.05) is 12.1 Å². The molecule has 0 saturated carbocycles. The number of hydrogen-bond acceptors (Lipinski definition) is 4. The number of nitrogens with one attached hydrogen (secondary N) is 1. The molecule has 2 rings (SSSR count). The molecule has 1 atom stereocenters. The summed E-state index contributed by atoms with van der Waals surface area (Å²) in [6, 6.07) is 10.0. The molecule has 7 heteroatoms. The van der Waals surface area contributed by atoms with Gasteiger partial charge in [-0.1, -0.05) is 38.1 Å². The molecule has 0 bridgehead atoms. The molecule has 1 amide bonds. The van der Waals surface area contributed by atoms with Gasteiger partial charge in [0.2, 0.25) is 5.91 Å². The van der Waals surface area contributed by atoms with Gasteiger partial charge in [-0.3, -0.25) is 24.3 Å². The standard InChI is InChI=1S/C19H23N3O4/c1-13(2)10-15-4-6-16(7-5-15)14(3)20-18(23)12-21-11-17(22(25)26)8-9-19(21)24/h4-9,11,13-14H,10,12H2,1-3H3,(H,20,23)/t14-/m1/s1. The number of nitro groups is 1. The summed E-state index contributed by atoms with van der Waals surface area (Å²) >= 11 is 0. The van der Waals surface area contributed by atoms with Gasteiger partial charge in [-0.25, -0.2) is 0 Å². The molecule has 26 heavy (non-hydrogen) atoms. The predicted octanol–water partition coefficient (Wildman–Crippen LogP) is 2.83. The SMILES string of the molecule is CC(C)Cc1ccc([C@@H](C)NC(=O)Cn2cc([N+](=O)[O-])ccc2=O)cc1. The molecule has 0 saturated heterocycles. The van der Waals surface area contributed by atoms with E-state index in [4.69, 9.17) is 0 Å². The molecule has 0 unspecified atom stereocenters. The Kier molecular flexibility index (Phi) is 6.27. The Morgan fingerprint density at radius 3 is 2.38 bits per heavy atom. The first-order valence-electron chi connectivity index (χ1n) is 8.49. The van der Waals surface area contributed by atoms with Crippen LogP contribution in [0.15, 0.2) is 47.4 Å². The number of hydrogen-bond donors (Lipinski definition) is 1. The quantitative estimate of drug-likeness (QED) is 0.609. The van der Waals surface area contributed by atoms with E-state index in [1.54, 1.807) is 0 Å². The van der Waals surface area contributed by atoms with Crippen molar-refractivity contribution in [3.05, 3.63) is 74.2 Å². The minimum atomic E-state index is -0.602. The second-order valence-corrected chi connectivity index (χ2v) is 6.74. The summed E-state index contributed by atoms with van der Waals surface area (Å²) < 4.78 is 1.03. The van der Waals surface area contributed by atoms with Crippen LogP contribution in [0.4, 0.5) is 5.69 Å². The van der Waals surface area contributed by atoms with Gasteiger partial charge in [0.05, 0.1) is 17.2 Å². The summed E-state index contributed by atoms with van der Waals surface area (Å²) in [7, 11) is 0. The maximum atomic E-state index is 12.2. The third kappa shape index (κ3) is 5.27. The van der Waals surface area contributed by atoms with Crippen LogP contribution in [0.5, 0.6) is 0 Å². The number of carbonyl (C=O) groups is 1. The van der Waals surface area contributed by atoms with Crippen LogP contribution in [0.1, 0.15) is 37.9 Å². The molecule has 0 fully saturated rings. The first-order valence-corrected chi connectivity index (χ1v) is 8.49. The molecule has 7 nitrogen and oxygen atoms in total. The molecule has 0 radical (unpaired) electrons.